The minimum Gasteiger partial charge on any atom is -0.235 e. The van der Waals surface area contributed by atoms with E-state index in [0.717, 1.165) is 0 Å². The lowest BCUT2D eigenvalue weighted by molar-refractivity contribution is -0.215. The van der Waals surface area contributed by atoms with Crippen molar-refractivity contribution in [1.29, 1.82) is 0 Å². The molecule has 0 aliphatic rings. The molecular formula is C6H5BrClNO4S. The van der Waals surface area contributed by atoms with E-state index in [1.807, 2.05) is 0 Å². The Bertz CT molecular complexity index is 435. The minimum atomic E-state index is -3.83. The number of hydrogen-bond acceptors (Lipinski definition) is 5. The Hall–Kier alpha value is -0.340. The third-order valence-corrected chi connectivity index (χ3v) is 3.67. The Labute approximate surface area is 93.1 Å². The monoisotopic (exact) mass is 301 g/mol. The fraction of sp³-hybridized carbons (Fsp3) is 0. The summed E-state index contributed by atoms with van der Waals surface area (Å²) >= 11 is 3.02. The zero-order valence-corrected chi connectivity index (χ0v) is 9.73. The van der Waals surface area contributed by atoms with Crippen LogP contribution in [-0.4, -0.2) is 13.7 Å². The van der Waals surface area contributed by atoms with E-state index in [1.165, 1.54) is 18.2 Å². The molecule has 78 valence electrons. The fourth-order valence-electron chi connectivity index (χ4n) is 0.806. The van der Waals surface area contributed by atoms with Crippen LogP contribution in [0.15, 0.2) is 27.6 Å². The van der Waals surface area contributed by atoms with Gasteiger partial charge in [-0.3, -0.25) is 0 Å². The highest BCUT2D eigenvalue weighted by atomic mass is 79.9. The minimum absolute atomic E-state index is 0.110. The summed E-state index contributed by atoms with van der Waals surface area (Å²) < 4.78 is 22.4. The fourth-order valence-corrected chi connectivity index (χ4v) is 2.92. The first-order valence-electron chi connectivity index (χ1n) is 3.26. The van der Waals surface area contributed by atoms with Gasteiger partial charge in [-0.25, -0.2) is 19.2 Å². The maximum Gasteiger partial charge on any atom is 0.262 e. The first-order chi connectivity index (χ1) is 6.45. The number of benzene rings is 1. The lowest BCUT2D eigenvalue weighted by Crippen LogP contribution is -1.99. The molecule has 0 fully saturated rings. The molecule has 1 aromatic rings. The summed E-state index contributed by atoms with van der Waals surface area (Å²) in [5.41, 5.74) is 2.32. The van der Waals surface area contributed by atoms with E-state index in [2.05, 4.69) is 26.4 Å². The normalized spacial score (nSPS) is 11.4. The lowest BCUT2D eigenvalue weighted by Gasteiger charge is -2.04. The molecule has 0 unspecified atom stereocenters. The van der Waals surface area contributed by atoms with E-state index in [4.69, 9.17) is 15.9 Å². The van der Waals surface area contributed by atoms with Gasteiger partial charge in [0.1, 0.15) is 0 Å². The number of halogens is 2. The van der Waals surface area contributed by atoms with Crippen LogP contribution in [0.3, 0.4) is 0 Å². The molecule has 0 aromatic heterocycles. The Morgan fingerprint density at radius 1 is 1.50 bits per heavy atom. The third kappa shape index (κ3) is 2.82. The molecule has 0 aliphatic carbocycles. The van der Waals surface area contributed by atoms with Crippen molar-refractivity contribution in [2.45, 2.75) is 4.90 Å². The van der Waals surface area contributed by atoms with Crippen molar-refractivity contribution < 1.29 is 18.7 Å². The SMILES string of the molecule is O=S(=O)(Cl)c1cc(NOO)ccc1Br. The average Bonchev–Trinajstić information content (AvgIpc) is 2.07. The summed E-state index contributed by atoms with van der Waals surface area (Å²) in [6, 6.07) is 4.16. The molecule has 0 aliphatic heterocycles. The summed E-state index contributed by atoms with van der Waals surface area (Å²) in [4.78, 5) is 3.52. The van der Waals surface area contributed by atoms with Crippen LogP contribution in [0.25, 0.3) is 0 Å². The van der Waals surface area contributed by atoms with Gasteiger partial charge in [0.2, 0.25) is 0 Å². The smallest absolute Gasteiger partial charge is 0.235 e. The average molecular weight is 303 g/mol. The molecule has 0 radical (unpaired) electrons. The van der Waals surface area contributed by atoms with Gasteiger partial charge in [-0.05, 0) is 34.1 Å². The quantitative estimate of drug-likeness (QED) is 0.508. The Morgan fingerprint density at radius 2 is 2.14 bits per heavy atom. The number of rotatable bonds is 3. The zero-order valence-electron chi connectivity index (χ0n) is 6.57. The van der Waals surface area contributed by atoms with Gasteiger partial charge in [-0.1, -0.05) is 0 Å². The maximum atomic E-state index is 11.0. The first kappa shape index (κ1) is 11.7. The zero-order chi connectivity index (χ0) is 10.8. The van der Waals surface area contributed by atoms with Gasteiger partial charge >= 0.3 is 0 Å². The van der Waals surface area contributed by atoms with Crippen molar-refractivity contribution in [3.63, 3.8) is 0 Å². The Balaban J connectivity index is 3.22. The molecule has 0 saturated carbocycles. The van der Waals surface area contributed by atoms with Crippen molar-refractivity contribution in [3.8, 4) is 0 Å². The predicted octanol–water partition coefficient (Wildman–Crippen LogP) is 2.19. The van der Waals surface area contributed by atoms with E-state index in [1.54, 1.807) is 0 Å². The van der Waals surface area contributed by atoms with Crippen LogP contribution < -0.4 is 5.48 Å². The van der Waals surface area contributed by atoms with Gasteiger partial charge in [-0.15, -0.1) is 4.99 Å². The largest absolute Gasteiger partial charge is 0.262 e. The number of anilines is 1. The highest BCUT2D eigenvalue weighted by molar-refractivity contribution is 9.10. The highest BCUT2D eigenvalue weighted by Crippen LogP contribution is 2.27. The van der Waals surface area contributed by atoms with Crippen LogP contribution in [-0.2, 0) is 14.0 Å². The highest BCUT2D eigenvalue weighted by Gasteiger charge is 2.14. The van der Waals surface area contributed by atoms with Crippen molar-refractivity contribution in [3.05, 3.63) is 22.7 Å². The maximum absolute atomic E-state index is 11.0. The second kappa shape index (κ2) is 4.45. The van der Waals surface area contributed by atoms with Crippen LogP contribution in [0.5, 0.6) is 0 Å². The van der Waals surface area contributed by atoms with E-state index >= 15 is 0 Å². The van der Waals surface area contributed by atoms with E-state index in [9.17, 15) is 8.42 Å². The van der Waals surface area contributed by atoms with Gasteiger partial charge in [0.25, 0.3) is 9.05 Å². The molecule has 0 amide bonds. The third-order valence-electron chi connectivity index (χ3n) is 1.36. The summed E-state index contributed by atoms with van der Waals surface area (Å²) in [5, 5.41) is 8.08. The summed E-state index contributed by atoms with van der Waals surface area (Å²) in [5.74, 6) is 0. The van der Waals surface area contributed by atoms with Crippen LogP contribution in [0, 0.1) is 0 Å². The predicted molar refractivity (Wildman–Crippen MR) is 54.5 cm³/mol. The molecule has 0 bridgehead atoms. The van der Waals surface area contributed by atoms with E-state index in [0.29, 0.717) is 4.47 Å². The van der Waals surface area contributed by atoms with Gasteiger partial charge in [-0.2, -0.15) is 0 Å². The molecule has 8 heteroatoms. The first-order valence-corrected chi connectivity index (χ1v) is 6.36. The molecule has 0 atom stereocenters. The summed E-state index contributed by atoms with van der Waals surface area (Å²) in [6.07, 6.45) is 0. The van der Waals surface area contributed by atoms with Crippen LogP contribution in [0.4, 0.5) is 5.69 Å². The molecule has 2 N–H and O–H groups in total. The standard InChI is InChI=1S/C6H5BrClNO4S/c7-5-2-1-4(9-13-10)3-6(5)14(8,11)12/h1-3,9-10H. The van der Waals surface area contributed by atoms with Gasteiger partial charge in [0, 0.05) is 15.2 Å². The molecule has 0 saturated heterocycles. The van der Waals surface area contributed by atoms with Crippen molar-refractivity contribution in [1.82, 2.24) is 0 Å². The molecule has 5 nitrogen and oxygen atoms in total. The molecule has 1 aromatic carbocycles. The van der Waals surface area contributed by atoms with Crippen molar-refractivity contribution in [2.75, 3.05) is 5.48 Å². The van der Waals surface area contributed by atoms with E-state index in [-0.39, 0.29) is 10.6 Å². The molecule has 0 spiro atoms. The number of hydrogen-bond donors (Lipinski definition) is 2. The van der Waals surface area contributed by atoms with Gasteiger partial charge in [0.05, 0.1) is 10.6 Å². The molecule has 14 heavy (non-hydrogen) atoms. The van der Waals surface area contributed by atoms with Crippen LogP contribution >= 0.6 is 26.6 Å². The van der Waals surface area contributed by atoms with Crippen LogP contribution in [0.2, 0.25) is 0 Å². The molecule has 1 rings (SSSR count). The van der Waals surface area contributed by atoms with Crippen molar-refractivity contribution in [2.24, 2.45) is 0 Å². The molecular weight excluding hydrogens is 297 g/mol. The second-order valence-electron chi connectivity index (χ2n) is 2.28. The van der Waals surface area contributed by atoms with Crippen LogP contribution in [0.1, 0.15) is 0 Å². The topological polar surface area (TPSA) is 75.6 Å². The summed E-state index contributed by atoms with van der Waals surface area (Å²) in [6.45, 7) is 0. The Morgan fingerprint density at radius 3 is 2.64 bits per heavy atom. The lowest BCUT2D eigenvalue weighted by atomic mass is 10.3. The van der Waals surface area contributed by atoms with E-state index < -0.39 is 9.05 Å². The van der Waals surface area contributed by atoms with Gasteiger partial charge < -0.3 is 0 Å². The molecule has 0 heterocycles. The number of nitrogens with one attached hydrogen (secondary N) is 1. The van der Waals surface area contributed by atoms with Crippen molar-refractivity contribution >= 4 is 41.4 Å². The van der Waals surface area contributed by atoms with Gasteiger partial charge in [0.15, 0.2) is 0 Å². The Kier molecular flexibility index (Phi) is 3.73. The second-order valence-corrected chi connectivity index (χ2v) is 5.67. The summed E-state index contributed by atoms with van der Waals surface area (Å²) in [7, 11) is 1.32.